The van der Waals surface area contributed by atoms with Crippen molar-refractivity contribution in [3.8, 4) is 16.9 Å². The Morgan fingerprint density at radius 1 is 1.12 bits per heavy atom. The Bertz CT molecular complexity index is 1320. The summed E-state index contributed by atoms with van der Waals surface area (Å²) in [6.45, 7) is 3.98. The van der Waals surface area contributed by atoms with Gasteiger partial charge in [0.25, 0.3) is 0 Å². The van der Waals surface area contributed by atoms with Gasteiger partial charge in [-0.3, -0.25) is 4.79 Å². The first-order valence-electron chi connectivity index (χ1n) is 10.4. The summed E-state index contributed by atoms with van der Waals surface area (Å²) >= 11 is 3.53. The van der Waals surface area contributed by atoms with Crippen LogP contribution in [-0.4, -0.2) is 13.0 Å². The number of carbonyl (C=O) groups is 1. The minimum Gasteiger partial charge on any atom is -0.496 e. The molecule has 0 saturated heterocycles. The lowest BCUT2D eigenvalue weighted by molar-refractivity contribution is -0.111. The fourth-order valence-corrected chi connectivity index (χ4v) is 4.20. The first-order chi connectivity index (χ1) is 15.5. The number of ether oxygens (including phenoxy) is 1. The van der Waals surface area contributed by atoms with E-state index < -0.39 is 0 Å². The van der Waals surface area contributed by atoms with Gasteiger partial charge < -0.3 is 14.5 Å². The fraction of sp³-hybridized carbons (Fsp3) is 0.148. The van der Waals surface area contributed by atoms with Crippen LogP contribution in [-0.2, 0) is 11.2 Å². The lowest BCUT2D eigenvalue weighted by atomic mass is 9.99. The Morgan fingerprint density at radius 3 is 2.69 bits per heavy atom. The van der Waals surface area contributed by atoms with Crippen LogP contribution in [0.3, 0.4) is 0 Å². The Kier molecular flexibility index (Phi) is 6.47. The number of hydrogen-bond acceptors (Lipinski definition) is 3. The number of nitrogens with one attached hydrogen (secondary N) is 1. The molecule has 4 aromatic rings. The normalized spacial score (nSPS) is 11.6. The number of para-hydroxylation sites is 1. The molecule has 0 bridgehead atoms. The first kappa shape index (κ1) is 21.9. The van der Waals surface area contributed by atoms with Gasteiger partial charge >= 0.3 is 0 Å². The largest absolute Gasteiger partial charge is 0.496 e. The molecule has 0 unspecified atom stereocenters. The summed E-state index contributed by atoms with van der Waals surface area (Å²) in [4.78, 5) is 12.8. The van der Waals surface area contributed by atoms with Crippen molar-refractivity contribution in [3.05, 3.63) is 88.6 Å². The SMILES string of the molecule is CCc1ccccc1NC(=O)/C=C(\C)c1cc2c(-c3cccc(Br)c3)coc2cc1OC. The molecule has 0 aliphatic carbocycles. The average Bonchev–Trinajstić information content (AvgIpc) is 3.21. The third-order valence-electron chi connectivity index (χ3n) is 5.46. The van der Waals surface area contributed by atoms with Crippen molar-refractivity contribution in [3.63, 3.8) is 0 Å². The zero-order chi connectivity index (χ0) is 22.7. The number of allylic oxidation sites excluding steroid dienone is 1. The van der Waals surface area contributed by atoms with Gasteiger partial charge in [-0.15, -0.1) is 0 Å². The molecule has 0 atom stereocenters. The smallest absolute Gasteiger partial charge is 0.248 e. The van der Waals surface area contributed by atoms with Gasteiger partial charge in [0.05, 0.1) is 13.4 Å². The van der Waals surface area contributed by atoms with Gasteiger partial charge in [-0.25, -0.2) is 0 Å². The van der Waals surface area contributed by atoms with Gasteiger partial charge in [0.15, 0.2) is 0 Å². The maximum Gasteiger partial charge on any atom is 0.248 e. The molecule has 0 fully saturated rings. The maximum atomic E-state index is 12.8. The molecule has 32 heavy (non-hydrogen) atoms. The Labute approximate surface area is 196 Å². The van der Waals surface area contributed by atoms with Crippen molar-refractivity contribution < 1.29 is 13.9 Å². The van der Waals surface area contributed by atoms with E-state index in [1.54, 1.807) is 19.4 Å². The van der Waals surface area contributed by atoms with E-state index in [1.807, 2.05) is 61.5 Å². The molecular formula is C27H24BrNO3. The second kappa shape index (κ2) is 9.45. The van der Waals surface area contributed by atoms with Gasteiger partial charge in [-0.1, -0.05) is 53.2 Å². The van der Waals surface area contributed by atoms with Gasteiger partial charge in [-0.05, 0) is 54.3 Å². The number of rotatable bonds is 6. The maximum absolute atomic E-state index is 12.8. The molecule has 1 amide bonds. The number of carbonyl (C=O) groups excluding carboxylic acids is 1. The summed E-state index contributed by atoms with van der Waals surface area (Å²) in [5, 5.41) is 3.96. The van der Waals surface area contributed by atoms with E-state index in [-0.39, 0.29) is 5.91 Å². The Morgan fingerprint density at radius 2 is 1.94 bits per heavy atom. The molecule has 0 radical (unpaired) electrons. The Balaban J connectivity index is 1.72. The van der Waals surface area contributed by atoms with Crippen LogP contribution < -0.4 is 10.1 Å². The number of benzene rings is 3. The topological polar surface area (TPSA) is 51.5 Å². The number of anilines is 1. The first-order valence-corrected chi connectivity index (χ1v) is 11.2. The molecular weight excluding hydrogens is 466 g/mol. The van der Waals surface area contributed by atoms with Gasteiger partial charge in [-0.2, -0.15) is 0 Å². The number of fused-ring (bicyclic) bond motifs is 1. The van der Waals surface area contributed by atoms with E-state index in [0.29, 0.717) is 5.75 Å². The van der Waals surface area contributed by atoms with Crippen LogP contribution in [0.15, 0.2) is 81.9 Å². The number of aryl methyl sites for hydroxylation is 1. The molecule has 5 heteroatoms. The average molecular weight is 490 g/mol. The zero-order valence-corrected chi connectivity index (χ0v) is 19.8. The predicted molar refractivity (Wildman–Crippen MR) is 134 cm³/mol. The van der Waals surface area contributed by atoms with Gasteiger partial charge in [0.1, 0.15) is 11.3 Å². The van der Waals surface area contributed by atoms with Crippen molar-refractivity contribution in [2.75, 3.05) is 12.4 Å². The third kappa shape index (κ3) is 4.48. The summed E-state index contributed by atoms with van der Waals surface area (Å²) in [6.07, 6.45) is 4.21. The van der Waals surface area contributed by atoms with Crippen LogP contribution in [0.25, 0.3) is 27.7 Å². The minimum atomic E-state index is -0.176. The molecule has 162 valence electrons. The predicted octanol–water partition coefficient (Wildman–Crippen LogP) is 7.48. The number of amides is 1. The molecule has 0 spiro atoms. The van der Waals surface area contributed by atoms with E-state index in [4.69, 9.17) is 9.15 Å². The van der Waals surface area contributed by atoms with Crippen LogP contribution in [0.4, 0.5) is 5.69 Å². The summed E-state index contributed by atoms with van der Waals surface area (Å²) in [5.74, 6) is 0.480. The van der Waals surface area contributed by atoms with E-state index >= 15 is 0 Å². The quantitative estimate of drug-likeness (QED) is 0.285. The number of halogens is 1. The molecule has 1 N–H and O–H groups in total. The van der Waals surface area contributed by atoms with Crippen molar-refractivity contribution >= 4 is 44.1 Å². The van der Waals surface area contributed by atoms with E-state index in [9.17, 15) is 4.79 Å². The van der Waals surface area contributed by atoms with Gasteiger partial charge in [0, 0.05) is 38.8 Å². The summed E-state index contributed by atoms with van der Waals surface area (Å²) < 4.78 is 12.4. The molecule has 1 aromatic heterocycles. The lowest BCUT2D eigenvalue weighted by Crippen LogP contribution is -2.10. The Hall–Kier alpha value is -3.31. The fourth-order valence-electron chi connectivity index (χ4n) is 3.81. The molecule has 3 aromatic carbocycles. The van der Waals surface area contributed by atoms with Crippen LogP contribution in [0.1, 0.15) is 25.0 Å². The third-order valence-corrected chi connectivity index (χ3v) is 5.95. The van der Waals surface area contributed by atoms with Crippen molar-refractivity contribution in [1.82, 2.24) is 0 Å². The molecule has 0 aliphatic heterocycles. The summed E-state index contributed by atoms with van der Waals surface area (Å²) in [6, 6.07) is 19.8. The van der Waals surface area contributed by atoms with Crippen LogP contribution in [0, 0.1) is 0 Å². The summed E-state index contributed by atoms with van der Waals surface area (Å²) in [5.41, 5.74) is 6.34. The highest BCUT2D eigenvalue weighted by molar-refractivity contribution is 9.10. The van der Waals surface area contributed by atoms with Crippen molar-refractivity contribution in [1.29, 1.82) is 0 Å². The number of furan rings is 1. The number of hydrogen-bond donors (Lipinski definition) is 1. The lowest BCUT2D eigenvalue weighted by Gasteiger charge is -2.11. The molecule has 0 aliphatic rings. The van der Waals surface area contributed by atoms with Crippen LogP contribution >= 0.6 is 15.9 Å². The highest BCUT2D eigenvalue weighted by atomic mass is 79.9. The van der Waals surface area contributed by atoms with Crippen molar-refractivity contribution in [2.45, 2.75) is 20.3 Å². The summed E-state index contributed by atoms with van der Waals surface area (Å²) in [7, 11) is 1.62. The second-order valence-electron chi connectivity index (χ2n) is 7.54. The van der Waals surface area contributed by atoms with E-state index in [0.717, 1.165) is 55.4 Å². The molecule has 4 rings (SSSR count). The molecule has 0 saturated carbocycles. The standard InChI is InChI=1S/C27H24BrNO3/c1-4-18-8-5-6-11-24(18)29-27(30)12-17(2)21-14-22-23(19-9-7-10-20(28)13-19)16-32-26(22)15-25(21)31-3/h5-16H,4H2,1-3H3,(H,29,30)/b17-12+. The zero-order valence-electron chi connectivity index (χ0n) is 18.2. The van der Waals surface area contributed by atoms with Crippen LogP contribution in [0.5, 0.6) is 5.75 Å². The van der Waals surface area contributed by atoms with E-state index in [1.165, 1.54) is 0 Å². The highest BCUT2D eigenvalue weighted by Crippen LogP contribution is 2.38. The van der Waals surface area contributed by atoms with Gasteiger partial charge in [0.2, 0.25) is 5.91 Å². The van der Waals surface area contributed by atoms with Crippen LogP contribution in [0.2, 0.25) is 0 Å². The second-order valence-corrected chi connectivity index (χ2v) is 8.45. The molecule has 1 heterocycles. The minimum absolute atomic E-state index is 0.176. The molecule has 4 nitrogen and oxygen atoms in total. The monoisotopic (exact) mass is 489 g/mol. The number of methoxy groups -OCH3 is 1. The van der Waals surface area contributed by atoms with Crippen molar-refractivity contribution in [2.24, 2.45) is 0 Å². The highest BCUT2D eigenvalue weighted by Gasteiger charge is 2.15. The van der Waals surface area contributed by atoms with E-state index in [2.05, 4.69) is 34.2 Å².